The molecule has 0 bridgehead atoms. The van der Waals surface area contributed by atoms with E-state index in [9.17, 15) is 0 Å². The fourth-order valence-corrected chi connectivity index (χ4v) is 8.68. The van der Waals surface area contributed by atoms with Crippen LogP contribution in [-0.4, -0.2) is 19.9 Å². The fourth-order valence-electron chi connectivity index (χ4n) is 8.68. The number of ether oxygens (including phenoxy) is 1. The summed E-state index contributed by atoms with van der Waals surface area (Å²) in [6, 6.07) is 63.4. The molecular formula is C51H32N4O. The number of rotatable bonds is 5. The summed E-state index contributed by atoms with van der Waals surface area (Å²) in [5.41, 5.74) is 13.5. The van der Waals surface area contributed by atoms with Crippen molar-refractivity contribution in [1.82, 2.24) is 19.9 Å². The molecule has 3 heterocycles. The van der Waals surface area contributed by atoms with Gasteiger partial charge in [0.1, 0.15) is 11.5 Å². The number of benzene rings is 7. The van der Waals surface area contributed by atoms with Crippen molar-refractivity contribution in [3.8, 4) is 79.0 Å². The highest BCUT2D eigenvalue weighted by atomic mass is 16.5. The molecule has 7 aromatic carbocycles. The van der Waals surface area contributed by atoms with Crippen LogP contribution in [0.15, 0.2) is 194 Å². The summed E-state index contributed by atoms with van der Waals surface area (Å²) in [6.07, 6.45) is 3.69. The molecule has 0 saturated carbocycles. The van der Waals surface area contributed by atoms with E-state index in [0.29, 0.717) is 17.5 Å². The predicted octanol–water partition coefficient (Wildman–Crippen LogP) is 12.1. The van der Waals surface area contributed by atoms with E-state index in [1.165, 1.54) is 11.1 Å². The van der Waals surface area contributed by atoms with E-state index in [4.69, 9.17) is 19.7 Å². The number of pyridine rings is 1. The standard InChI is InChI=1S/C51H32N4O/c1-2-14-33(15-3-1)48-53-49(37-19-11-17-35(31-37)34-16-10-18-36(30-34)38-20-13-29-52-32-38)55-50(54-48)40-22-12-26-44-47(40)39-21-4-5-23-41(39)51(44)42-24-6-8-27-45(42)56-46-28-9-7-25-43(46)51/h1-32H. The van der Waals surface area contributed by atoms with E-state index in [0.717, 1.165) is 72.7 Å². The molecule has 0 radical (unpaired) electrons. The third-order valence-electron chi connectivity index (χ3n) is 11.1. The summed E-state index contributed by atoms with van der Waals surface area (Å²) >= 11 is 0. The minimum absolute atomic E-state index is 0.593. The van der Waals surface area contributed by atoms with Gasteiger partial charge in [-0.3, -0.25) is 4.98 Å². The fraction of sp³-hybridized carbons (Fsp3) is 0.0196. The van der Waals surface area contributed by atoms with Crippen LogP contribution in [0, 0.1) is 0 Å². The molecule has 0 atom stereocenters. The Balaban J connectivity index is 1.12. The van der Waals surface area contributed by atoms with Gasteiger partial charge in [-0.05, 0) is 69.3 Å². The predicted molar refractivity (Wildman–Crippen MR) is 222 cm³/mol. The average Bonchev–Trinajstić information content (AvgIpc) is 3.58. The molecule has 5 nitrogen and oxygen atoms in total. The Hall–Kier alpha value is -7.50. The van der Waals surface area contributed by atoms with Gasteiger partial charge in [0, 0.05) is 45.8 Å². The molecule has 0 amide bonds. The van der Waals surface area contributed by atoms with E-state index >= 15 is 0 Å². The van der Waals surface area contributed by atoms with E-state index < -0.39 is 5.41 Å². The normalized spacial score (nSPS) is 12.9. The highest BCUT2D eigenvalue weighted by Gasteiger charge is 2.51. The first-order valence-corrected chi connectivity index (χ1v) is 18.8. The molecule has 0 saturated heterocycles. The van der Waals surface area contributed by atoms with Crippen LogP contribution in [0.25, 0.3) is 67.5 Å². The lowest BCUT2D eigenvalue weighted by Gasteiger charge is -2.39. The first-order valence-electron chi connectivity index (χ1n) is 18.8. The van der Waals surface area contributed by atoms with E-state index in [-0.39, 0.29) is 0 Å². The number of nitrogens with zero attached hydrogens (tertiary/aromatic N) is 4. The first kappa shape index (κ1) is 32.0. The van der Waals surface area contributed by atoms with E-state index in [1.807, 2.05) is 42.6 Å². The Bertz CT molecular complexity index is 2910. The van der Waals surface area contributed by atoms with E-state index in [1.54, 1.807) is 6.20 Å². The van der Waals surface area contributed by atoms with Crippen LogP contribution in [0.5, 0.6) is 11.5 Å². The second-order valence-electron chi connectivity index (χ2n) is 14.2. The number of aromatic nitrogens is 4. The Morgan fingerprint density at radius 1 is 0.357 bits per heavy atom. The highest BCUT2D eigenvalue weighted by Crippen LogP contribution is 2.63. The maximum Gasteiger partial charge on any atom is 0.164 e. The molecular weight excluding hydrogens is 685 g/mol. The van der Waals surface area contributed by atoms with Gasteiger partial charge in [0.05, 0.1) is 5.41 Å². The Morgan fingerprint density at radius 3 is 1.57 bits per heavy atom. The topological polar surface area (TPSA) is 60.8 Å². The van der Waals surface area contributed by atoms with Gasteiger partial charge in [-0.25, -0.2) is 15.0 Å². The van der Waals surface area contributed by atoms with Crippen LogP contribution in [0.2, 0.25) is 0 Å². The van der Waals surface area contributed by atoms with Crippen molar-refractivity contribution in [1.29, 1.82) is 0 Å². The molecule has 2 aromatic heterocycles. The molecule has 0 unspecified atom stereocenters. The first-order chi connectivity index (χ1) is 27.8. The number of fused-ring (bicyclic) bond motifs is 9. The van der Waals surface area contributed by atoms with Gasteiger partial charge >= 0.3 is 0 Å². The van der Waals surface area contributed by atoms with Crippen LogP contribution in [0.4, 0.5) is 0 Å². The second kappa shape index (κ2) is 12.8. The zero-order chi connectivity index (χ0) is 37.1. The van der Waals surface area contributed by atoms with Crippen molar-refractivity contribution >= 4 is 0 Å². The molecule has 5 heteroatoms. The molecule has 262 valence electrons. The summed E-state index contributed by atoms with van der Waals surface area (Å²) < 4.78 is 6.57. The van der Waals surface area contributed by atoms with Gasteiger partial charge in [-0.15, -0.1) is 0 Å². The third-order valence-corrected chi connectivity index (χ3v) is 11.1. The average molecular weight is 717 g/mol. The SMILES string of the molecule is c1ccc(-c2nc(-c3cccc(-c4cccc(-c5cccnc5)c4)c3)nc(-c3cccc4c3-c3ccccc3C43c4ccccc4Oc4ccccc43)n2)cc1. The Morgan fingerprint density at radius 2 is 0.857 bits per heavy atom. The summed E-state index contributed by atoms with van der Waals surface area (Å²) in [7, 11) is 0. The summed E-state index contributed by atoms with van der Waals surface area (Å²) in [5.74, 6) is 3.57. The quantitative estimate of drug-likeness (QED) is 0.177. The van der Waals surface area contributed by atoms with Gasteiger partial charge in [-0.1, -0.05) is 152 Å². The molecule has 0 fully saturated rings. The van der Waals surface area contributed by atoms with Gasteiger partial charge < -0.3 is 4.74 Å². The van der Waals surface area contributed by atoms with Crippen molar-refractivity contribution in [2.24, 2.45) is 0 Å². The third kappa shape index (κ3) is 4.95. The number of para-hydroxylation sites is 2. The molecule has 11 rings (SSSR count). The molecule has 1 aliphatic carbocycles. The van der Waals surface area contributed by atoms with Crippen molar-refractivity contribution in [2.45, 2.75) is 5.41 Å². The largest absolute Gasteiger partial charge is 0.457 e. The number of hydrogen-bond acceptors (Lipinski definition) is 5. The lowest BCUT2D eigenvalue weighted by Crippen LogP contribution is -2.32. The molecule has 9 aromatic rings. The second-order valence-corrected chi connectivity index (χ2v) is 14.2. The van der Waals surface area contributed by atoms with Gasteiger partial charge in [0.2, 0.25) is 0 Å². The lowest BCUT2D eigenvalue weighted by molar-refractivity contribution is 0.436. The van der Waals surface area contributed by atoms with Crippen molar-refractivity contribution < 1.29 is 4.74 Å². The zero-order valence-corrected chi connectivity index (χ0v) is 30.2. The van der Waals surface area contributed by atoms with Crippen LogP contribution >= 0.6 is 0 Å². The Labute approximate surface area is 324 Å². The van der Waals surface area contributed by atoms with E-state index in [2.05, 4.69) is 151 Å². The minimum Gasteiger partial charge on any atom is -0.457 e. The molecule has 0 N–H and O–H groups in total. The highest BCUT2D eigenvalue weighted by molar-refractivity contribution is 5.95. The summed E-state index contributed by atoms with van der Waals surface area (Å²) in [5, 5.41) is 0. The minimum atomic E-state index is -0.593. The molecule has 56 heavy (non-hydrogen) atoms. The molecule has 1 aliphatic heterocycles. The van der Waals surface area contributed by atoms with Crippen molar-refractivity contribution in [3.05, 3.63) is 217 Å². The molecule has 2 aliphatic rings. The van der Waals surface area contributed by atoms with Gasteiger partial charge in [-0.2, -0.15) is 0 Å². The summed E-state index contributed by atoms with van der Waals surface area (Å²) in [4.78, 5) is 20.0. The maximum absolute atomic E-state index is 6.57. The monoisotopic (exact) mass is 716 g/mol. The van der Waals surface area contributed by atoms with Gasteiger partial charge in [0.15, 0.2) is 17.5 Å². The van der Waals surface area contributed by atoms with Crippen LogP contribution in [0.1, 0.15) is 22.3 Å². The maximum atomic E-state index is 6.57. The van der Waals surface area contributed by atoms with Crippen LogP contribution < -0.4 is 4.74 Å². The van der Waals surface area contributed by atoms with Crippen LogP contribution in [-0.2, 0) is 5.41 Å². The molecule has 1 spiro atoms. The summed E-state index contributed by atoms with van der Waals surface area (Å²) in [6.45, 7) is 0. The van der Waals surface area contributed by atoms with Crippen LogP contribution in [0.3, 0.4) is 0 Å². The lowest BCUT2D eigenvalue weighted by atomic mass is 9.66. The van der Waals surface area contributed by atoms with Crippen molar-refractivity contribution in [3.63, 3.8) is 0 Å². The zero-order valence-electron chi connectivity index (χ0n) is 30.2. The smallest absolute Gasteiger partial charge is 0.164 e. The number of hydrogen-bond donors (Lipinski definition) is 0. The van der Waals surface area contributed by atoms with Gasteiger partial charge in [0.25, 0.3) is 0 Å². The van der Waals surface area contributed by atoms with Crippen molar-refractivity contribution in [2.75, 3.05) is 0 Å². The Kier molecular flexibility index (Phi) is 7.32.